The standard InChI is InChI=1S/C4H10O.Li.Na.2H2O/c1-2-3-4-5;;;;/h5H,2-4H2,1H3;;;2*1H2/q;2*+1;;/p-2. The molecular formula is C4H12LiNaO3. The largest absolute Gasteiger partial charge is 1.00 e. The summed E-state index contributed by atoms with van der Waals surface area (Å²) in [5.74, 6) is 0. The van der Waals surface area contributed by atoms with Crippen LogP contribution in [0.15, 0.2) is 0 Å². The van der Waals surface area contributed by atoms with Crippen LogP contribution in [-0.2, 0) is 0 Å². The van der Waals surface area contributed by atoms with Gasteiger partial charge in [-0.25, -0.2) is 0 Å². The zero-order valence-corrected chi connectivity index (χ0v) is 8.46. The van der Waals surface area contributed by atoms with E-state index in [1.54, 1.807) is 0 Å². The van der Waals surface area contributed by atoms with Crippen molar-refractivity contribution in [2.45, 2.75) is 19.8 Å². The van der Waals surface area contributed by atoms with Gasteiger partial charge in [-0.05, 0) is 6.42 Å². The molecular weight excluding hydrogens is 126 g/mol. The van der Waals surface area contributed by atoms with Crippen molar-refractivity contribution in [3.63, 3.8) is 0 Å². The summed E-state index contributed by atoms with van der Waals surface area (Å²) in [6, 6.07) is 0. The average molecular weight is 138 g/mol. The molecule has 0 unspecified atom stereocenters. The Morgan fingerprint density at radius 1 is 1.22 bits per heavy atom. The molecule has 0 heterocycles. The molecule has 0 fully saturated rings. The van der Waals surface area contributed by atoms with Gasteiger partial charge in [0.05, 0.1) is 0 Å². The van der Waals surface area contributed by atoms with E-state index in [0.29, 0.717) is 6.61 Å². The first-order valence-corrected chi connectivity index (χ1v) is 2.02. The van der Waals surface area contributed by atoms with Gasteiger partial charge in [0.25, 0.3) is 0 Å². The van der Waals surface area contributed by atoms with Crippen molar-refractivity contribution in [2.75, 3.05) is 6.61 Å². The van der Waals surface area contributed by atoms with Crippen molar-refractivity contribution >= 4 is 0 Å². The van der Waals surface area contributed by atoms with Crippen molar-refractivity contribution in [1.82, 2.24) is 0 Å². The Morgan fingerprint density at radius 3 is 1.56 bits per heavy atom. The van der Waals surface area contributed by atoms with Crippen LogP contribution >= 0.6 is 0 Å². The maximum Gasteiger partial charge on any atom is 1.00 e. The molecule has 0 saturated heterocycles. The molecule has 0 radical (unpaired) electrons. The van der Waals surface area contributed by atoms with Gasteiger partial charge in [-0.15, -0.1) is 0 Å². The van der Waals surface area contributed by atoms with Gasteiger partial charge in [0.2, 0.25) is 0 Å². The Bertz CT molecular complexity index is 23.3. The number of hydrogen-bond donors (Lipinski definition) is 1. The Kier molecular flexibility index (Phi) is 118. The molecule has 0 aliphatic carbocycles. The summed E-state index contributed by atoms with van der Waals surface area (Å²) in [6.45, 7) is 2.40. The van der Waals surface area contributed by atoms with E-state index in [4.69, 9.17) is 5.11 Å². The van der Waals surface area contributed by atoms with Gasteiger partial charge in [-0.3, -0.25) is 0 Å². The van der Waals surface area contributed by atoms with Crippen LogP contribution < -0.4 is 48.4 Å². The van der Waals surface area contributed by atoms with E-state index in [-0.39, 0.29) is 59.4 Å². The second-order valence-electron chi connectivity index (χ2n) is 1.08. The predicted octanol–water partition coefficient (Wildman–Crippen LogP) is -5.57. The minimum atomic E-state index is 0. The molecule has 0 atom stereocenters. The third-order valence-electron chi connectivity index (χ3n) is 0.512. The summed E-state index contributed by atoms with van der Waals surface area (Å²) < 4.78 is 0. The molecule has 0 saturated carbocycles. The zero-order valence-electron chi connectivity index (χ0n) is 6.46. The predicted molar refractivity (Wildman–Crippen MR) is 25.9 cm³/mol. The molecule has 0 spiro atoms. The van der Waals surface area contributed by atoms with Gasteiger partial charge < -0.3 is 16.1 Å². The summed E-state index contributed by atoms with van der Waals surface area (Å²) in [6.07, 6.45) is 2.04. The fraction of sp³-hybridized carbons (Fsp3) is 1.00. The summed E-state index contributed by atoms with van der Waals surface area (Å²) in [4.78, 5) is 0. The molecule has 3 nitrogen and oxygen atoms in total. The first-order chi connectivity index (χ1) is 2.41. The smallest absolute Gasteiger partial charge is 0.870 e. The fourth-order valence-corrected chi connectivity index (χ4v) is 0.158. The van der Waals surface area contributed by atoms with Crippen molar-refractivity contribution in [2.24, 2.45) is 0 Å². The molecule has 0 aliphatic heterocycles. The van der Waals surface area contributed by atoms with Crippen LogP contribution in [0.3, 0.4) is 0 Å². The van der Waals surface area contributed by atoms with Gasteiger partial charge in [0, 0.05) is 6.61 Å². The molecule has 48 valence electrons. The number of aliphatic hydroxyl groups is 1. The first kappa shape index (κ1) is 31.4. The van der Waals surface area contributed by atoms with Crippen molar-refractivity contribution in [1.29, 1.82) is 0 Å². The van der Waals surface area contributed by atoms with E-state index in [0.717, 1.165) is 12.8 Å². The number of unbranched alkanes of at least 4 members (excludes halogenated alkanes) is 1. The Labute approximate surface area is 90.3 Å². The van der Waals surface area contributed by atoms with Gasteiger partial charge in [-0.2, -0.15) is 0 Å². The third-order valence-corrected chi connectivity index (χ3v) is 0.512. The van der Waals surface area contributed by atoms with Crippen LogP contribution in [0.25, 0.3) is 0 Å². The maximum atomic E-state index is 8.07. The summed E-state index contributed by atoms with van der Waals surface area (Å²) in [7, 11) is 0. The molecule has 0 rings (SSSR count). The number of aliphatic hydroxyl groups excluding tert-OH is 1. The van der Waals surface area contributed by atoms with E-state index in [1.807, 2.05) is 0 Å². The average Bonchev–Trinajstić information content (AvgIpc) is 1.41. The Balaban J connectivity index is -0.0000000133. The molecule has 5 heteroatoms. The molecule has 0 amide bonds. The molecule has 0 aliphatic rings. The minimum Gasteiger partial charge on any atom is -0.870 e. The number of hydrogen-bond acceptors (Lipinski definition) is 3. The number of rotatable bonds is 2. The molecule has 3 N–H and O–H groups in total. The summed E-state index contributed by atoms with van der Waals surface area (Å²) >= 11 is 0. The SMILES string of the molecule is CCCCO.[Li+].[Na+].[OH-].[OH-]. The van der Waals surface area contributed by atoms with Crippen LogP contribution in [0.1, 0.15) is 19.8 Å². The van der Waals surface area contributed by atoms with Crippen LogP contribution in [0, 0.1) is 0 Å². The normalized spacial score (nSPS) is 4.67. The van der Waals surface area contributed by atoms with Crippen molar-refractivity contribution < 1.29 is 64.5 Å². The second kappa shape index (κ2) is 34.0. The molecule has 0 aromatic heterocycles. The zero-order chi connectivity index (χ0) is 4.12. The van der Waals surface area contributed by atoms with E-state index in [1.165, 1.54) is 0 Å². The summed E-state index contributed by atoms with van der Waals surface area (Å²) in [5.41, 5.74) is 0. The molecule has 9 heavy (non-hydrogen) atoms. The minimum absolute atomic E-state index is 0. The monoisotopic (exact) mass is 138 g/mol. The van der Waals surface area contributed by atoms with E-state index in [9.17, 15) is 0 Å². The van der Waals surface area contributed by atoms with E-state index < -0.39 is 0 Å². The third kappa shape index (κ3) is 43.8. The van der Waals surface area contributed by atoms with Crippen molar-refractivity contribution in [3.05, 3.63) is 0 Å². The second-order valence-corrected chi connectivity index (χ2v) is 1.08. The van der Waals surface area contributed by atoms with Gasteiger partial charge >= 0.3 is 48.4 Å². The van der Waals surface area contributed by atoms with Crippen LogP contribution in [0.2, 0.25) is 0 Å². The van der Waals surface area contributed by atoms with Gasteiger partial charge in [-0.1, -0.05) is 13.3 Å². The van der Waals surface area contributed by atoms with Crippen LogP contribution in [-0.4, -0.2) is 22.7 Å². The van der Waals surface area contributed by atoms with Crippen LogP contribution in [0.4, 0.5) is 0 Å². The topological polar surface area (TPSA) is 80.2 Å². The molecule has 0 aromatic rings. The first-order valence-electron chi connectivity index (χ1n) is 2.02. The van der Waals surface area contributed by atoms with Gasteiger partial charge in [0.1, 0.15) is 0 Å². The fourth-order valence-electron chi connectivity index (χ4n) is 0.158. The molecule has 0 aromatic carbocycles. The Hall–Kier alpha value is 1.48. The molecule has 0 bridgehead atoms. The van der Waals surface area contributed by atoms with E-state index >= 15 is 0 Å². The quantitative estimate of drug-likeness (QED) is 0.386. The maximum absolute atomic E-state index is 8.07. The van der Waals surface area contributed by atoms with Crippen molar-refractivity contribution in [3.8, 4) is 0 Å². The van der Waals surface area contributed by atoms with Gasteiger partial charge in [0.15, 0.2) is 0 Å². The summed E-state index contributed by atoms with van der Waals surface area (Å²) in [5, 5.41) is 8.07. The Morgan fingerprint density at radius 2 is 1.56 bits per heavy atom. The van der Waals surface area contributed by atoms with Crippen LogP contribution in [0.5, 0.6) is 0 Å². The van der Waals surface area contributed by atoms with E-state index in [2.05, 4.69) is 6.92 Å².